The number of amides is 1. The normalized spacial score (nSPS) is 15.7. The molecule has 1 unspecified atom stereocenters. The quantitative estimate of drug-likeness (QED) is 0.550. The molecule has 2 heterocycles. The van der Waals surface area contributed by atoms with Gasteiger partial charge in [0.15, 0.2) is 5.43 Å². The second-order valence-electron chi connectivity index (χ2n) is 8.15. The summed E-state index contributed by atoms with van der Waals surface area (Å²) >= 11 is 0. The highest BCUT2D eigenvalue weighted by Crippen LogP contribution is 2.39. The first kappa shape index (κ1) is 21.1. The standard InChI is InChI=1S/C25H28N2O4/c1-4-15-30-18-10-7-9-17(16-18)22-21-23(28)19-11-5-6-12-20(19)31-24(21)25(29)27(22)14-8-13-26(2)3/h5-7,9-12,16,22H,4,8,13-15H2,1-3H3. The van der Waals surface area contributed by atoms with Crippen LogP contribution in [0.3, 0.4) is 0 Å². The Kier molecular flexibility index (Phi) is 6.09. The van der Waals surface area contributed by atoms with Crippen molar-refractivity contribution in [2.75, 3.05) is 33.8 Å². The average Bonchev–Trinajstić information content (AvgIpc) is 3.04. The zero-order chi connectivity index (χ0) is 22.0. The summed E-state index contributed by atoms with van der Waals surface area (Å²) in [6.45, 7) is 4.04. The summed E-state index contributed by atoms with van der Waals surface area (Å²) in [4.78, 5) is 30.7. The molecule has 2 aromatic carbocycles. The highest BCUT2D eigenvalue weighted by molar-refractivity contribution is 5.99. The van der Waals surface area contributed by atoms with Gasteiger partial charge in [-0.25, -0.2) is 0 Å². The summed E-state index contributed by atoms with van der Waals surface area (Å²) in [5, 5.41) is 0.493. The van der Waals surface area contributed by atoms with Crippen LogP contribution >= 0.6 is 0 Å². The summed E-state index contributed by atoms with van der Waals surface area (Å²) in [5.41, 5.74) is 1.56. The number of ether oxygens (including phenoxy) is 1. The molecule has 0 spiro atoms. The molecule has 1 amide bonds. The lowest BCUT2D eigenvalue weighted by atomic mass is 9.98. The monoisotopic (exact) mass is 420 g/mol. The van der Waals surface area contributed by atoms with Gasteiger partial charge in [-0.3, -0.25) is 9.59 Å². The van der Waals surface area contributed by atoms with E-state index in [1.165, 1.54) is 0 Å². The molecule has 0 saturated carbocycles. The van der Waals surface area contributed by atoms with Crippen LogP contribution in [0.4, 0.5) is 0 Å². The topological polar surface area (TPSA) is 63.0 Å². The average molecular weight is 421 g/mol. The van der Waals surface area contributed by atoms with Crippen LogP contribution in [0.2, 0.25) is 0 Å². The molecule has 0 saturated heterocycles. The van der Waals surface area contributed by atoms with Crippen LogP contribution in [0.1, 0.15) is 47.5 Å². The fraction of sp³-hybridized carbons (Fsp3) is 0.360. The van der Waals surface area contributed by atoms with Gasteiger partial charge in [-0.05, 0) is 63.3 Å². The van der Waals surface area contributed by atoms with Gasteiger partial charge in [0.05, 0.1) is 23.6 Å². The molecule has 1 aliphatic heterocycles. The Morgan fingerprint density at radius 2 is 1.90 bits per heavy atom. The number of benzene rings is 2. The summed E-state index contributed by atoms with van der Waals surface area (Å²) < 4.78 is 11.8. The van der Waals surface area contributed by atoms with Gasteiger partial charge in [-0.2, -0.15) is 0 Å². The van der Waals surface area contributed by atoms with Gasteiger partial charge < -0.3 is 19.0 Å². The summed E-state index contributed by atoms with van der Waals surface area (Å²) in [5.74, 6) is 0.651. The van der Waals surface area contributed by atoms with E-state index in [0.29, 0.717) is 29.7 Å². The summed E-state index contributed by atoms with van der Waals surface area (Å²) in [6, 6.07) is 14.3. The fourth-order valence-corrected chi connectivity index (χ4v) is 4.10. The Labute approximate surface area is 182 Å². The minimum Gasteiger partial charge on any atom is -0.494 e. The largest absolute Gasteiger partial charge is 0.494 e. The number of carbonyl (C=O) groups is 1. The third kappa shape index (κ3) is 4.08. The molecule has 1 aliphatic rings. The number of carbonyl (C=O) groups excluding carboxylic acids is 1. The molecule has 6 nitrogen and oxygen atoms in total. The minimum atomic E-state index is -0.490. The van der Waals surface area contributed by atoms with E-state index in [2.05, 4.69) is 11.8 Å². The number of fused-ring (bicyclic) bond motifs is 2. The Bertz CT molecular complexity index is 1150. The SMILES string of the molecule is CCCOc1cccc(C2c3c(oc4ccccc4c3=O)C(=O)N2CCCN(C)C)c1. The minimum absolute atomic E-state index is 0.148. The first-order chi connectivity index (χ1) is 15.0. The van der Waals surface area contributed by atoms with Gasteiger partial charge in [0.2, 0.25) is 5.76 Å². The van der Waals surface area contributed by atoms with Gasteiger partial charge in [0, 0.05) is 6.54 Å². The maximum atomic E-state index is 13.5. The van der Waals surface area contributed by atoms with E-state index in [1.807, 2.05) is 44.4 Å². The van der Waals surface area contributed by atoms with Crippen molar-refractivity contribution in [1.82, 2.24) is 9.80 Å². The Morgan fingerprint density at radius 1 is 1.10 bits per heavy atom. The first-order valence-electron chi connectivity index (χ1n) is 10.8. The maximum Gasteiger partial charge on any atom is 0.290 e. The first-order valence-corrected chi connectivity index (χ1v) is 10.8. The molecular formula is C25H28N2O4. The Hall–Kier alpha value is -3.12. The highest BCUT2D eigenvalue weighted by Gasteiger charge is 2.42. The lowest BCUT2D eigenvalue weighted by Gasteiger charge is -2.26. The van der Waals surface area contributed by atoms with Crippen LogP contribution in [0.25, 0.3) is 11.0 Å². The van der Waals surface area contributed by atoms with Crippen molar-refractivity contribution in [3.8, 4) is 5.75 Å². The third-order valence-electron chi connectivity index (χ3n) is 5.52. The summed E-state index contributed by atoms with van der Waals surface area (Å²) in [7, 11) is 4.01. The second-order valence-corrected chi connectivity index (χ2v) is 8.15. The molecule has 0 aliphatic carbocycles. The predicted molar refractivity (Wildman–Crippen MR) is 121 cm³/mol. The van der Waals surface area contributed by atoms with Crippen LogP contribution in [0.15, 0.2) is 57.7 Å². The van der Waals surface area contributed by atoms with E-state index >= 15 is 0 Å². The molecule has 6 heteroatoms. The Balaban J connectivity index is 1.82. The van der Waals surface area contributed by atoms with Crippen LogP contribution in [-0.4, -0.2) is 49.5 Å². The number of para-hydroxylation sites is 1. The summed E-state index contributed by atoms with van der Waals surface area (Å²) in [6.07, 6.45) is 1.70. The molecule has 1 atom stereocenters. The van der Waals surface area contributed by atoms with E-state index in [-0.39, 0.29) is 17.1 Å². The lowest BCUT2D eigenvalue weighted by molar-refractivity contribution is 0.0722. The van der Waals surface area contributed by atoms with Crippen molar-refractivity contribution < 1.29 is 13.9 Å². The molecule has 0 fully saturated rings. The molecule has 0 bridgehead atoms. The molecule has 4 rings (SSSR count). The molecule has 0 N–H and O–H groups in total. The molecule has 1 aromatic heterocycles. The number of nitrogens with zero attached hydrogens (tertiary/aromatic N) is 2. The van der Waals surface area contributed by atoms with Crippen LogP contribution in [0.5, 0.6) is 5.75 Å². The molecule has 31 heavy (non-hydrogen) atoms. The predicted octanol–water partition coefficient (Wildman–Crippen LogP) is 4.08. The van der Waals surface area contributed by atoms with Gasteiger partial charge in [0.1, 0.15) is 11.3 Å². The number of rotatable bonds is 8. The molecule has 3 aromatic rings. The number of hydrogen-bond donors (Lipinski definition) is 0. The second kappa shape index (κ2) is 8.94. The van der Waals surface area contributed by atoms with Crippen molar-refractivity contribution in [2.45, 2.75) is 25.8 Å². The molecular weight excluding hydrogens is 392 g/mol. The van der Waals surface area contributed by atoms with Crippen molar-refractivity contribution in [3.63, 3.8) is 0 Å². The van der Waals surface area contributed by atoms with E-state index in [4.69, 9.17) is 9.15 Å². The van der Waals surface area contributed by atoms with Crippen LogP contribution < -0.4 is 10.2 Å². The van der Waals surface area contributed by atoms with Crippen molar-refractivity contribution in [2.24, 2.45) is 0 Å². The van der Waals surface area contributed by atoms with Gasteiger partial charge in [-0.1, -0.05) is 31.2 Å². The van der Waals surface area contributed by atoms with E-state index in [1.54, 1.807) is 23.1 Å². The van der Waals surface area contributed by atoms with Gasteiger partial charge in [-0.15, -0.1) is 0 Å². The smallest absolute Gasteiger partial charge is 0.290 e. The van der Waals surface area contributed by atoms with E-state index in [9.17, 15) is 9.59 Å². The van der Waals surface area contributed by atoms with Crippen molar-refractivity contribution >= 4 is 16.9 Å². The fourth-order valence-electron chi connectivity index (χ4n) is 4.10. The van der Waals surface area contributed by atoms with Gasteiger partial charge in [0.25, 0.3) is 5.91 Å². The highest BCUT2D eigenvalue weighted by atomic mass is 16.5. The zero-order valence-corrected chi connectivity index (χ0v) is 18.3. The Morgan fingerprint density at radius 3 is 2.68 bits per heavy atom. The maximum absolute atomic E-state index is 13.5. The van der Waals surface area contributed by atoms with Crippen molar-refractivity contribution in [3.05, 3.63) is 75.6 Å². The molecule has 162 valence electrons. The van der Waals surface area contributed by atoms with Crippen LogP contribution in [-0.2, 0) is 0 Å². The lowest BCUT2D eigenvalue weighted by Crippen LogP contribution is -2.32. The molecule has 0 radical (unpaired) electrons. The van der Waals surface area contributed by atoms with Crippen molar-refractivity contribution in [1.29, 1.82) is 0 Å². The van der Waals surface area contributed by atoms with Gasteiger partial charge >= 0.3 is 0 Å². The number of hydrogen-bond acceptors (Lipinski definition) is 5. The third-order valence-corrected chi connectivity index (χ3v) is 5.52. The van der Waals surface area contributed by atoms with E-state index < -0.39 is 6.04 Å². The zero-order valence-electron chi connectivity index (χ0n) is 18.3. The van der Waals surface area contributed by atoms with Crippen LogP contribution in [0, 0.1) is 0 Å². The van der Waals surface area contributed by atoms with E-state index in [0.717, 1.165) is 30.7 Å².